The van der Waals surface area contributed by atoms with Crippen molar-refractivity contribution < 1.29 is 22.4 Å². The van der Waals surface area contributed by atoms with Crippen LogP contribution < -0.4 is 10.6 Å². The van der Waals surface area contributed by atoms with Crippen LogP contribution >= 0.6 is 7.37 Å². The van der Waals surface area contributed by atoms with Gasteiger partial charge in [-0.25, -0.2) is 0 Å². The summed E-state index contributed by atoms with van der Waals surface area (Å²) in [5.41, 5.74) is 2.74. The van der Waals surface area contributed by atoms with Crippen LogP contribution in [0, 0.1) is 0 Å². The lowest BCUT2D eigenvalue weighted by molar-refractivity contribution is 0.483. The minimum atomic E-state index is -4.53. The summed E-state index contributed by atoms with van der Waals surface area (Å²) in [7, 11) is -5.24. The minimum Gasteiger partial charge on any atom is -0.388 e. The predicted molar refractivity (Wildman–Crippen MR) is 118 cm³/mol. The highest BCUT2D eigenvalue weighted by molar-refractivity contribution is 7.86. The molecule has 0 radical (unpaired) electrons. The lowest BCUT2D eigenvalue weighted by Crippen LogP contribution is -2.22. The molecule has 4 rings (SSSR count). The second-order valence-corrected chi connectivity index (χ2v) is 10.3. The van der Waals surface area contributed by atoms with Gasteiger partial charge in [-0.05, 0) is 47.1 Å². The van der Waals surface area contributed by atoms with E-state index in [0.717, 1.165) is 0 Å². The van der Waals surface area contributed by atoms with Crippen LogP contribution in [0.15, 0.2) is 81.5 Å². The van der Waals surface area contributed by atoms with Gasteiger partial charge in [-0.15, -0.1) is 0 Å². The number of allylic oxidation sites excluding steroid dienone is 5. The molecule has 0 aromatic heterocycles. The van der Waals surface area contributed by atoms with Gasteiger partial charge in [-0.3, -0.25) is 14.1 Å². The van der Waals surface area contributed by atoms with Crippen molar-refractivity contribution in [2.24, 2.45) is 4.99 Å². The zero-order chi connectivity index (χ0) is 21.7. The van der Waals surface area contributed by atoms with Crippen LogP contribution in [0.2, 0.25) is 0 Å². The number of nitrogens with zero attached hydrogens (tertiary/aromatic N) is 1. The Kier molecular flexibility index (Phi) is 4.91. The van der Waals surface area contributed by atoms with E-state index in [-0.39, 0.29) is 21.1 Å². The highest BCUT2D eigenvalue weighted by atomic mass is 32.2. The normalized spacial score (nSPS) is 21.9. The third-order valence-corrected chi connectivity index (χ3v) is 8.11. The lowest BCUT2D eigenvalue weighted by atomic mass is 9.90. The van der Waals surface area contributed by atoms with E-state index in [2.05, 4.69) is 10.3 Å². The molecule has 1 aliphatic heterocycles. The Bertz CT molecular complexity index is 1350. The smallest absolute Gasteiger partial charge is 0.295 e. The minimum absolute atomic E-state index is 0.173. The Hall–Kier alpha value is -2.77. The average Bonchev–Trinajstić information content (AvgIpc) is 2.73. The van der Waals surface area contributed by atoms with E-state index in [0.29, 0.717) is 28.1 Å². The van der Waals surface area contributed by atoms with Gasteiger partial charge in [0, 0.05) is 25.3 Å². The topological polar surface area (TPSA) is 116 Å². The van der Waals surface area contributed by atoms with Crippen LogP contribution in [0.3, 0.4) is 0 Å². The molecule has 9 heteroatoms. The maximum atomic E-state index is 13.6. The molecule has 3 N–H and O–H groups in total. The van der Waals surface area contributed by atoms with Gasteiger partial charge in [0.2, 0.25) is 0 Å². The van der Waals surface area contributed by atoms with Crippen molar-refractivity contribution in [1.82, 2.24) is 0 Å². The number of fused-ring (bicyclic) bond motifs is 2. The van der Waals surface area contributed by atoms with E-state index in [4.69, 9.17) is 0 Å². The molecule has 2 aromatic carbocycles. The van der Waals surface area contributed by atoms with E-state index in [9.17, 15) is 22.4 Å². The molecule has 0 spiro atoms. The average molecular weight is 442 g/mol. The van der Waals surface area contributed by atoms with Crippen molar-refractivity contribution in [3.63, 3.8) is 0 Å². The van der Waals surface area contributed by atoms with Crippen LogP contribution in [-0.2, 0) is 14.7 Å². The summed E-state index contributed by atoms with van der Waals surface area (Å²) in [6.07, 6.45) is 4.90. The third kappa shape index (κ3) is 3.18. The molecule has 7 nitrogen and oxygen atoms in total. The van der Waals surface area contributed by atoms with Crippen molar-refractivity contribution in [2.75, 3.05) is 19.4 Å². The molecule has 154 valence electrons. The van der Waals surface area contributed by atoms with Crippen LogP contribution in [0.4, 0.5) is 5.69 Å². The quantitative estimate of drug-likeness (QED) is 0.497. The number of anilines is 1. The molecular formula is C21H19N2O5PS. The van der Waals surface area contributed by atoms with E-state index in [1.54, 1.807) is 62.7 Å². The first-order chi connectivity index (χ1) is 14.2. The van der Waals surface area contributed by atoms with E-state index in [1.165, 1.54) is 12.1 Å². The van der Waals surface area contributed by atoms with Crippen LogP contribution in [0.25, 0.3) is 5.57 Å². The number of hydrogen-bond acceptors (Lipinski definition) is 5. The zero-order valence-corrected chi connectivity index (χ0v) is 17.9. The van der Waals surface area contributed by atoms with E-state index in [1.807, 2.05) is 0 Å². The predicted octanol–water partition coefficient (Wildman–Crippen LogP) is 3.21. The Morgan fingerprint density at radius 3 is 2.47 bits per heavy atom. The summed E-state index contributed by atoms with van der Waals surface area (Å²) in [5, 5.41) is 3.32. The molecular weight excluding hydrogens is 423 g/mol. The third-order valence-electron chi connectivity index (χ3n) is 5.15. The fraction of sp³-hybridized carbons (Fsp3) is 0.0952. The van der Waals surface area contributed by atoms with E-state index >= 15 is 0 Å². The van der Waals surface area contributed by atoms with Crippen LogP contribution in [-0.4, -0.2) is 37.7 Å². The molecule has 0 fully saturated rings. The molecule has 0 amide bonds. The molecule has 0 bridgehead atoms. The molecule has 1 unspecified atom stereocenters. The number of benzene rings is 2. The largest absolute Gasteiger partial charge is 0.388 e. The van der Waals surface area contributed by atoms with Crippen molar-refractivity contribution in [3.8, 4) is 0 Å². The van der Waals surface area contributed by atoms with Crippen molar-refractivity contribution in [2.45, 2.75) is 4.90 Å². The van der Waals surface area contributed by atoms with Crippen molar-refractivity contribution in [1.29, 1.82) is 0 Å². The molecule has 30 heavy (non-hydrogen) atoms. The van der Waals surface area contributed by atoms with Gasteiger partial charge in [0.15, 0.2) is 0 Å². The lowest BCUT2D eigenvalue weighted by Gasteiger charge is -2.31. The second kappa shape index (κ2) is 7.18. The highest BCUT2D eigenvalue weighted by Gasteiger charge is 2.40. The summed E-state index contributed by atoms with van der Waals surface area (Å²) in [4.78, 5) is 14.9. The molecule has 2 aliphatic rings. The number of rotatable bonds is 3. The first-order valence-electron chi connectivity index (χ1n) is 9.02. The Balaban J connectivity index is 2.17. The number of nitrogens with one attached hydrogen (secondary N) is 1. The highest BCUT2D eigenvalue weighted by Crippen LogP contribution is 2.59. The summed E-state index contributed by atoms with van der Waals surface area (Å²) < 4.78 is 47.5. The maximum absolute atomic E-state index is 13.6. The van der Waals surface area contributed by atoms with Gasteiger partial charge >= 0.3 is 0 Å². The van der Waals surface area contributed by atoms with Gasteiger partial charge in [-0.2, -0.15) is 8.42 Å². The van der Waals surface area contributed by atoms with Crippen molar-refractivity contribution in [3.05, 3.63) is 82.7 Å². The summed E-state index contributed by atoms with van der Waals surface area (Å²) in [5.74, 6) is 0. The molecule has 1 atom stereocenters. The van der Waals surface area contributed by atoms with Gasteiger partial charge in [-0.1, -0.05) is 30.3 Å². The first kappa shape index (κ1) is 20.5. The fourth-order valence-electron chi connectivity index (χ4n) is 3.73. The molecule has 0 saturated heterocycles. The van der Waals surface area contributed by atoms with Crippen molar-refractivity contribution >= 4 is 39.8 Å². The number of aliphatic imine (C=N–C) groups is 1. The standard InChI is InChI=1S/C21H19N2O5PS/c1-22-13-7-9-15-18(11-13)29(24,25)19-12-14(23-2)8-10-16(19)21(15)17-5-3-4-6-20(17)30(26,27)28/h3-12,22H,1-2H3,(H,24,25)(H,26,27,28). The number of hydrogen-bond donors (Lipinski definition) is 3. The van der Waals surface area contributed by atoms with Crippen LogP contribution in [0.1, 0.15) is 11.1 Å². The van der Waals surface area contributed by atoms with Gasteiger partial charge in [0.25, 0.3) is 17.5 Å². The Labute approximate surface area is 174 Å². The SMILES string of the molecule is CN=C1C=CC2=C(c3ccccc3S(=O)(=O)O)c3ccc(NC)cc3P(=O)(O)C2=C1. The molecule has 1 aliphatic carbocycles. The second-order valence-electron chi connectivity index (χ2n) is 6.83. The maximum Gasteiger partial charge on any atom is 0.295 e. The van der Waals surface area contributed by atoms with Gasteiger partial charge < -0.3 is 10.2 Å². The molecule has 0 saturated carbocycles. The summed E-state index contributed by atoms with van der Waals surface area (Å²) in [6.45, 7) is 0. The zero-order valence-electron chi connectivity index (χ0n) is 16.2. The molecule has 1 heterocycles. The Morgan fingerprint density at radius 1 is 1.07 bits per heavy atom. The molecule has 2 aromatic rings. The fourth-order valence-corrected chi connectivity index (χ4v) is 6.34. The summed E-state index contributed by atoms with van der Waals surface area (Å²) in [6, 6.07) is 11.1. The van der Waals surface area contributed by atoms with Gasteiger partial charge in [0.1, 0.15) is 4.90 Å². The Morgan fingerprint density at radius 2 is 1.80 bits per heavy atom. The van der Waals surface area contributed by atoms with Crippen LogP contribution in [0.5, 0.6) is 0 Å². The van der Waals surface area contributed by atoms with E-state index < -0.39 is 17.5 Å². The van der Waals surface area contributed by atoms with Gasteiger partial charge in [0.05, 0.1) is 16.3 Å². The monoisotopic (exact) mass is 442 g/mol. The first-order valence-corrected chi connectivity index (χ1v) is 12.1. The summed E-state index contributed by atoms with van der Waals surface area (Å²) >= 11 is 0.